The second kappa shape index (κ2) is 6.24. The summed E-state index contributed by atoms with van der Waals surface area (Å²) in [6.07, 6.45) is 1.20. The quantitative estimate of drug-likeness (QED) is 0.676. The first-order chi connectivity index (χ1) is 8.93. The molecular formula is C17H34NSiTi. The third kappa shape index (κ3) is 3.40. The van der Waals surface area contributed by atoms with E-state index < -0.39 is 26.9 Å². The fourth-order valence-electron chi connectivity index (χ4n) is 3.77. The van der Waals surface area contributed by atoms with Gasteiger partial charge in [-0.15, -0.1) is 0 Å². The molecule has 1 aliphatic rings. The van der Waals surface area contributed by atoms with E-state index in [9.17, 15) is 0 Å². The third-order valence-corrected chi connectivity index (χ3v) is 10.3. The van der Waals surface area contributed by atoms with Crippen molar-refractivity contribution in [3.63, 3.8) is 0 Å². The summed E-state index contributed by atoms with van der Waals surface area (Å²) in [6, 6.07) is 0. The summed E-state index contributed by atoms with van der Waals surface area (Å²) in [4.78, 5) is 0. The number of rotatable bonds is 5. The molecule has 0 aromatic heterocycles. The second-order valence-corrected chi connectivity index (χ2v) is 14.9. The summed E-state index contributed by atoms with van der Waals surface area (Å²) >= 11 is -1.01. The molecule has 1 nitrogen and oxygen atoms in total. The first kappa shape index (κ1) is 18.4. The van der Waals surface area contributed by atoms with E-state index in [1.807, 2.05) is 0 Å². The number of hydrogen-bond acceptors (Lipinski definition) is 1. The SMILES string of the molecule is CC1=C(C)C(C)([SiH](C)C)C(CC(C)(C)[NH][Ti]([CH3])[CH3])=C1C. The molecule has 1 rings (SSSR count). The fraction of sp³-hybridized carbons (Fsp3) is 0.765. The van der Waals surface area contributed by atoms with Crippen LogP contribution in [-0.4, -0.2) is 14.3 Å². The zero-order valence-corrected chi connectivity index (χ0v) is 18.0. The molecule has 0 spiro atoms. The molecule has 1 unspecified atom stereocenters. The van der Waals surface area contributed by atoms with Crippen molar-refractivity contribution in [2.45, 2.75) is 82.1 Å². The zero-order chi connectivity index (χ0) is 15.9. The summed E-state index contributed by atoms with van der Waals surface area (Å²) < 4.78 is 3.90. The minimum absolute atomic E-state index is 0.241. The van der Waals surface area contributed by atoms with Gasteiger partial charge in [-0.05, 0) is 0 Å². The van der Waals surface area contributed by atoms with Crippen molar-refractivity contribution in [1.82, 2.24) is 3.80 Å². The molecule has 0 fully saturated rings. The molecular weight excluding hydrogens is 294 g/mol. The number of hydrogen-bond donors (Lipinski definition) is 1. The topological polar surface area (TPSA) is 12.0 Å². The van der Waals surface area contributed by atoms with Crippen LogP contribution in [0.15, 0.2) is 22.3 Å². The van der Waals surface area contributed by atoms with Crippen LogP contribution in [0.2, 0.25) is 28.6 Å². The van der Waals surface area contributed by atoms with Crippen molar-refractivity contribution >= 4 is 8.80 Å². The van der Waals surface area contributed by atoms with Gasteiger partial charge in [-0.2, -0.15) is 0 Å². The van der Waals surface area contributed by atoms with Crippen molar-refractivity contribution in [1.29, 1.82) is 0 Å². The summed E-state index contributed by atoms with van der Waals surface area (Å²) in [5.41, 5.74) is 6.75. The molecule has 115 valence electrons. The van der Waals surface area contributed by atoms with Crippen LogP contribution in [-0.2, 0) is 18.1 Å². The molecule has 0 heterocycles. The molecule has 0 aromatic carbocycles. The van der Waals surface area contributed by atoms with Crippen molar-refractivity contribution in [2.24, 2.45) is 0 Å². The zero-order valence-electron chi connectivity index (χ0n) is 15.3. The summed E-state index contributed by atoms with van der Waals surface area (Å²) in [5.74, 6) is 0. The maximum atomic E-state index is 3.90. The molecule has 0 saturated heterocycles. The van der Waals surface area contributed by atoms with Crippen LogP contribution in [0.25, 0.3) is 0 Å². The van der Waals surface area contributed by atoms with E-state index in [-0.39, 0.29) is 5.54 Å². The van der Waals surface area contributed by atoms with Gasteiger partial charge in [-0.25, -0.2) is 0 Å². The van der Waals surface area contributed by atoms with Gasteiger partial charge in [0.1, 0.15) is 0 Å². The van der Waals surface area contributed by atoms with E-state index in [1.54, 1.807) is 22.3 Å². The first-order valence-corrected chi connectivity index (χ1v) is 14.7. The van der Waals surface area contributed by atoms with E-state index in [4.69, 9.17) is 0 Å². The van der Waals surface area contributed by atoms with Gasteiger partial charge in [-0.1, -0.05) is 0 Å². The number of nitrogens with one attached hydrogen (secondary N) is 1. The van der Waals surface area contributed by atoms with Gasteiger partial charge < -0.3 is 0 Å². The molecule has 1 atom stereocenters. The summed E-state index contributed by atoms with van der Waals surface area (Å²) in [7, 11) is -0.786. The first-order valence-electron chi connectivity index (χ1n) is 7.90. The number of allylic oxidation sites excluding steroid dienone is 3. The second-order valence-electron chi connectivity index (χ2n) is 7.90. The fourth-order valence-corrected chi connectivity index (χ4v) is 8.12. The molecule has 0 bridgehead atoms. The Morgan fingerprint density at radius 2 is 1.60 bits per heavy atom. The molecule has 1 aliphatic carbocycles. The van der Waals surface area contributed by atoms with Gasteiger partial charge in [0, 0.05) is 0 Å². The van der Waals surface area contributed by atoms with Crippen molar-refractivity contribution < 1.29 is 18.1 Å². The Morgan fingerprint density at radius 3 is 2.00 bits per heavy atom. The van der Waals surface area contributed by atoms with E-state index in [1.165, 1.54) is 6.42 Å². The third-order valence-electron chi connectivity index (χ3n) is 5.35. The Hall–Kier alpha value is 0.371. The standard InChI is InChI=1S/C15H28NSi.2CH3.Ti/c1-10-11(2)13(9-14(4,5)16)15(6,12(10)3)17(7)8;;;/h16-17H,9H2,1-8H3;2*1H3;/q-1;;;+1. The van der Waals surface area contributed by atoms with Crippen LogP contribution in [0.5, 0.6) is 0 Å². The van der Waals surface area contributed by atoms with Crippen molar-refractivity contribution in [3.8, 4) is 0 Å². The van der Waals surface area contributed by atoms with Crippen molar-refractivity contribution in [2.75, 3.05) is 0 Å². The van der Waals surface area contributed by atoms with Gasteiger partial charge in [0.05, 0.1) is 0 Å². The van der Waals surface area contributed by atoms with Gasteiger partial charge in [0.15, 0.2) is 0 Å². The van der Waals surface area contributed by atoms with Gasteiger partial charge >= 0.3 is 135 Å². The van der Waals surface area contributed by atoms with Gasteiger partial charge in [-0.3, -0.25) is 0 Å². The van der Waals surface area contributed by atoms with E-state index in [0.717, 1.165) is 0 Å². The van der Waals surface area contributed by atoms with Crippen LogP contribution >= 0.6 is 0 Å². The minimum atomic E-state index is -1.01. The summed E-state index contributed by atoms with van der Waals surface area (Å²) in [6.45, 7) is 19.4. The predicted molar refractivity (Wildman–Crippen MR) is 91.9 cm³/mol. The normalized spacial score (nSPS) is 24.1. The Labute approximate surface area is 135 Å². The Morgan fingerprint density at radius 1 is 1.10 bits per heavy atom. The Balaban J connectivity index is 3.17. The molecule has 0 aromatic rings. The summed E-state index contributed by atoms with van der Waals surface area (Å²) in [5, 5.41) is 5.19. The van der Waals surface area contributed by atoms with Gasteiger partial charge in [0.25, 0.3) is 0 Å². The monoisotopic (exact) mass is 328 g/mol. The van der Waals surface area contributed by atoms with Crippen LogP contribution in [0.3, 0.4) is 0 Å². The average Bonchev–Trinajstić information content (AvgIpc) is 2.43. The molecule has 0 amide bonds. The Kier molecular flexibility index (Phi) is 5.75. The molecule has 1 N–H and O–H groups in total. The van der Waals surface area contributed by atoms with Crippen LogP contribution in [0, 0.1) is 0 Å². The molecule has 20 heavy (non-hydrogen) atoms. The van der Waals surface area contributed by atoms with Crippen LogP contribution < -0.4 is 3.80 Å². The van der Waals surface area contributed by atoms with Crippen molar-refractivity contribution in [3.05, 3.63) is 22.3 Å². The molecule has 0 saturated carbocycles. The Bertz CT molecular complexity index is 446. The van der Waals surface area contributed by atoms with Crippen LogP contribution in [0.1, 0.15) is 48.0 Å². The average molecular weight is 328 g/mol. The van der Waals surface area contributed by atoms with Gasteiger partial charge in [0.2, 0.25) is 0 Å². The van der Waals surface area contributed by atoms with E-state index in [0.29, 0.717) is 5.04 Å². The molecule has 0 radical (unpaired) electrons. The van der Waals surface area contributed by atoms with E-state index >= 15 is 0 Å². The van der Waals surface area contributed by atoms with E-state index in [2.05, 4.69) is 68.9 Å². The maximum absolute atomic E-state index is 3.90. The predicted octanol–water partition coefficient (Wildman–Crippen LogP) is 5.29. The molecule has 3 heteroatoms. The van der Waals surface area contributed by atoms with Crippen LogP contribution in [0.4, 0.5) is 0 Å². The molecule has 0 aliphatic heterocycles.